The summed E-state index contributed by atoms with van der Waals surface area (Å²) in [4.78, 5) is 15.7. The van der Waals surface area contributed by atoms with Crippen LogP contribution in [-0.2, 0) is 15.4 Å². The Hall–Kier alpha value is -2.84. The van der Waals surface area contributed by atoms with Crippen molar-refractivity contribution in [3.63, 3.8) is 0 Å². The third-order valence-corrected chi connectivity index (χ3v) is 9.67. The summed E-state index contributed by atoms with van der Waals surface area (Å²) in [5.41, 5.74) is 7.03. The highest BCUT2D eigenvalue weighted by Crippen LogP contribution is 2.32. The lowest BCUT2D eigenvalue weighted by atomic mass is 9.85. The highest BCUT2D eigenvalue weighted by Gasteiger charge is 2.25. The van der Waals surface area contributed by atoms with Crippen molar-refractivity contribution in [1.29, 1.82) is 0 Å². The molecule has 1 atom stereocenters. The number of nitrogens with one attached hydrogen (secondary N) is 2. The monoisotopic (exact) mass is 625 g/mol. The standard InChI is InChI=1S/C32H40BrN3O3S/c1-20-15-25(32(5,6)7)18-29(23(20)4)40(38,39)35-27-12-10-24(11-13-27)31(37)34-28-9-8-14-36(19-28)30-21(2)16-26(33)17-22(30)3/h10-13,15-18,28,35H,8-9,14,19H2,1-7H3,(H,34,37). The Balaban J connectivity index is 1.45. The van der Waals surface area contributed by atoms with Crippen LogP contribution >= 0.6 is 15.9 Å². The zero-order valence-corrected chi connectivity index (χ0v) is 26.9. The number of carbonyl (C=O) groups is 1. The second-order valence-electron chi connectivity index (χ2n) is 12.0. The number of nitrogens with zero attached hydrogens (tertiary/aromatic N) is 1. The maximum atomic E-state index is 13.4. The van der Waals surface area contributed by atoms with Gasteiger partial charge in [-0.05, 0) is 116 Å². The Morgan fingerprint density at radius 2 is 1.57 bits per heavy atom. The molecule has 3 aromatic carbocycles. The summed E-state index contributed by atoms with van der Waals surface area (Å²) in [5.74, 6) is -0.158. The van der Waals surface area contributed by atoms with Gasteiger partial charge in [-0.25, -0.2) is 8.42 Å². The fraction of sp³-hybridized carbons (Fsp3) is 0.406. The van der Waals surface area contributed by atoms with Crippen LogP contribution in [0, 0.1) is 27.7 Å². The molecule has 214 valence electrons. The number of hydrogen-bond donors (Lipinski definition) is 2. The lowest BCUT2D eigenvalue weighted by molar-refractivity contribution is 0.0933. The molecule has 0 aromatic heterocycles. The fourth-order valence-corrected chi connectivity index (χ4v) is 7.50. The van der Waals surface area contributed by atoms with Crippen LogP contribution in [0.2, 0.25) is 0 Å². The van der Waals surface area contributed by atoms with Gasteiger partial charge in [0.2, 0.25) is 0 Å². The molecule has 8 heteroatoms. The highest BCUT2D eigenvalue weighted by molar-refractivity contribution is 9.10. The quantitative estimate of drug-likeness (QED) is 0.304. The number of sulfonamides is 1. The Bertz CT molecular complexity index is 1500. The first kappa shape index (κ1) is 30.1. The summed E-state index contributed by atoms with van der Waals surface area (Å²) in [5, 5.41) is 3.18. The van der Waals surface area contributed by atoms with E-state index >= 15 is 0 Å². The molecule has 1 amide bonds. The van der Waals surface area contributed by atoms with E-state index in [0.29, 0.717) is 11.3 Å². The van der Waals surface area contributed by atoms with Gasteiger partial charge in [0.25, 0.3) is 15.9 Å². The second-order valence-corrected chi connectivity index (χ2v) is 14.6. The largest absolute Gasteiger partial charge is 0.369 e. The molecule has 3 aromatic rings. The third-order valence-electron chi connectivity index (χ3n) is 7.70. The van der Waals surface area contributed by atoms with E-state index in [0.717, 1.165) is 47.1 Å². The van der Waals surface area contributed by atoms with Crippen molar-refractivity contribution in [2.45, 2.75) is 77.7 Å². The van der Waals surface area contributed by atoms with Crippen molar-refractivity contribution in [3.05, 3.63) is 86.4 Å². The summed E-state index contributed by atoms with van der Waals surface area (Å²) >= 11 is 3.58. The van der Waals surface area contributed by atoms with Crippen LogP contribution in [0.1, 0.15) is 71.8 Å². The molecular formula is C32H40BrN3O3S. The molecule has 1 fully saturated rings. The van der Waals surface area contributed by atoms with E-state index in [1.807, 2.05) is 13.8 Å². The average Bonchev–Trinajstić information content (AvgIpc) is 2.84. The SMILES string of the molecule is Cc1cc(C(C)(C)C)cc(S(=O)(=O)Nc2ccc(C(=O)NC3CCCN(c4c(C)cc(Br)cc4C)C3)cc2)c1C. The van der Waals surface area contributed by atoms with E-state index in [-0.39, 0.29) is 22.3 Å². The Morgan fingerprint density at radius 1 is 0.950 bits per heavy atom. The van der Waals surface area contributed by atoms with Crippen LogP contribution in [0.25, 0.3) is 0 Å². The molecule has 0 aliphatic carbocycles. The van der Waals surface area contributed by atoms with Gasteiger partial charge in [0.05, 0.1) is 4.90 Å². The number of aryl methyl sites for hydroxylation is 3. The average molecular weight is 627 g/mol. The molecule has 6 nitrogen and oxygen atoms in total. The number of halogens is 1. The van der Waals surface area contributed by atoms with Crippen LogP contribution in [0.5, 0.6) is 0 Å². The van der Waals surface area contributed by atoms with Crippen LogP contribution in [-0.4, -0.2) is 33.5 Å². The van der Waals surface area contributed by atoms with E-state index < -0.39 is 10.0 Å². The number of hydrogen-bond acceptors (Lipinski definition) is 4. The van der Waals surface area contributed by atoms with E-state index in [9.17, 15) is 13.2 Å². The van der Waals surface area contributed by atoms with Gasteiger partial charge in [-0.15, -0.1) is 0 Å². The van der Waals surface area contributed by atoms with Gasteiger partial charge in [0.1, 0.15) is 0 Å². The van der Waals surface area contributed by atoms with Gasteiger partial charge < -0.3 is 10.2 Å². The van der Waals surface area contributed by atoms with E-state index in [1.54, 1.807) is 30.3 Å². The fourth-order valence-electron chi connectivity index (χ4n) is 5.41. The smallest absolute Gasteiger partial charge is 0.262 e. The van der Waals surface area contributed by atoms with Crippen LogP contribution in [0.3, 0.4) is 0 Å². The zero-order chi connectivity index (χ0) is 29.4. The van der Waals surface area contributed by atoms with Crippen molar-refractivity contribution in [3.8, 4) is 0 Å². The molecule has 1 aliphatic rings. The van der Waals surface area contributed by atoms with Crippen molar-refractivity contribution in [2.24, 2.45) is 0 Å². The maximum absolute atomic E-state index is 13.4. The minimum Gasteiger partial charge on any atom is -0.369 e. The number of carbonyl (C=O) groups excluding carboxylic acids is 1. The van der Waals surface area contributed by atoms with Gasteiger partial charge >= 0.3 is 0 Å². The first-order chi connectivity index (χ1) is 18.7. The molecule has 1 unspecified atom stereocenters. The summed E-state index contributed by atoms with van der Waals surface area (Å²) in [6.45, 7) is 15.9. The number of anilines is 2. The van der Waals surface area contributed by atoms with Gasteiger partial charge in [0.15, 0.2) is 0 Å². The van der Waals surface area contributed by atoms with Crippen LogP contribution < -0.4 is 14.9 Å². The van der Waals surface area contributed by atoms with Gasteiger partial charge in [0, 0.05) is 40.5 Å². The number of amides is 1. The zero-order valence-electron chi connectivity index (χ0n) is 24.5. The summed E-state index contributed by atoms with van der Waals surface area (Å²) < 4.78 is 30.5. The van der Waals surface area contributed by atoms with Crippen molar-refractivity contribution in [2.75, 3.05) is 22.7 Å². The van der Waals surface area contributed by atoms with Crippen LogP contribution in [0.4, 0.5) is 11.4 Å². The minimum absolute atomic E-state index is 0.0307. The molecule has 0 spiro atoms. The topological polar surface area (TPSA) is 78.5 Å². The molecule has 0 radical (unpaired) electrons. The predicted molar refractivity (Wildman–Crippen MR) is 168 cm³/mol. The van der Waals surface area contributed by atoms with E-state index in [1.165, 1.54) is 16.8 Å². The molecular weight excluding hydrogens is 586 g/mol. The van der Waals surface area contributed by atoms with Crippen molar-refractivity contribution in [1.82, 2.24) is 5.32 Å². The predicted octanol–water partition coefficient (Wildman–Crippen LogP) is 7.18. The number of rotatable bonds is 6. The Labute approximate surface area is 247 Å². The summed E-state index contributed by atoms with van der Waals surface area (Å²) in [6, 6.07) is 14.7. The molecule has 0 bridgehead atoms. The Morgan fingerprint density at radius 3 is 2.17 bits per heavy atom. The third kappa shape index (κ3) is 6.72. The lowest BCUT2D eigenvalue weighted by Crippen LogP contribution is -2.48. The van der Waals surface area contributed by atoms with Crippen LogP contribution in [0.15, 0.2) is 57.9 Å². The second kappa shape index (κ2) is 11.6. The first-order valence-corrected chi connectivity index (χ1v) is 16.0. The molecule has 1 aliphatic heterocycles. The highest BCUT2D eigenvalue weighted by atomic mass is 79.9. The normalized spacial score (nSPS) is 16.1. The van der Waals surface area contributed by atoms with Gasteiger partial charge in [-0.3, -0.25) is 9.52 Å². The Kier molecular flexibility index (Phi) is 8.71. The molecule has 4 rings (SSSR count). The molecule has 1 saturated heterocycles. The van der Waals surface area contributed by atoms with Gasteiger partial charge in [-0.1, -0.05) is 42.8 Å². The number of piperidine rings is 1. The van der Waals surface area contributed by atoms with Crippen molar-refractivity contribution >= 4 is 43.2 Å². The maximum Gasteiger partial charge on any atom is 0.262 e. The van der Waals surface area contributed by atoms with Crippen molar-refractivity contribution < 1.29 is 13.2 Å². The number of benzene rings is 3. The first-order valence-electron chi connectivity index (χ1n) is 13.7. The van der Waals surface area contributed by atoms with Gasteiger partial charge in [-0.2, -0.15) is 0 Å². The molecule has 2 N–H and O–H groups in total. The molecule has 1 heterocycles. The molecule has 40 heavy (non-hydrogen) atoms. The summed E-state index contributed by atoms with van der Waals surface area (Å²) in [6.07, 6.45) is 1.91. The minimum atomic E-state index is -3.81. The summed E-state index contributed by atoms with van der Waals surface area (Å²) in [7, 11) is -3.81. The lowest BCUT2D eigenvalue weighted by Gasteiger charge is -2.36. The van der Waals surface area contributed by atoms with E-state index in [2.05, 4.69) is 83.7 Å². The van der Waals surface area contributed by atoms with E-state index in [4.69, 9.17) is 0 Å². The molecule has 0 saturated carbocycles.